The van der Waals surface area contributed by atoms with Gasteiger partial charge in [0.2, 0.25) is 5.91 Å². The molecule has 2 aliphatic heterocycles. The van der Waals surface area contributed by atoms with E-state index in [4.69, 9.17) is 6.42 Å². The van der Waals surface area contributed by atoms with E-state index in [1.54, 1.807) is 0 Å². The number of rotatable bonds is 7. The van der Waals surface area contributed by atoms with Crippen molar-refractivity contribution in [1.29, 1.82) is 0 Å². The lowest BCUT2D eigenvalue weighted by Crippen LogP contribution is -2.39. The fourth-order valence-corrected chi connectivity index (χ4v) is 3.12. The quantitative estimate of drug-likeness (QED) is 0.715. The molecule has 0 bridgehead atoms. The van der Waals surface area contributed by atoms with Gasteiger partial charge in [0.05, 0.1) is 25.0 Å². The molecule has 0 atom stereocenters. The summed E-state index contributed by atoms with van der Waals surface area (Å²) in [6, 6.07) is 0. The molecule has 3 heterocycles. The zero-order chi connectivity index (χ0) is 17.2. The minimum absolute atomic E-state index is 0.163. The van der Waals surface area contributed by atoms with Crippen molar-refractivity contribution in [3.8, 4) is 12.3 Å². The number of aromatic nitrogens is 2. The molecule has 0 saturated heterocycles. The van der Waals surface area contributed by atoms with E-state index in [0.717, 1.165) is 25.2 Å². The van der Waals surface area contributed by atoms with Gasteiger partial charge in [0.1, 0.15) is 0 Å². The van der Waals surface area contributed by atoms with Crippen LogP contribution in [0.15, 0.2) is 16.4 Å². The topological polar surface area (TPSA) is 66.1 Å². The molecule has 0 aliphatic carbocycles. The van der Waals surface area contributed by atoms with Crippen molar-refractivity contribution in [2.45, 2.75) is 51.0 Å². The maximum absolute atomic E-state index is 12.6. The second kappa shape index (κ2) is 6.73. The van der Waals surface area contributed by atoms with E-state index in [0.29, 0.717) is 32.4 Å². The van der Waals surface area contributed by atoms with E-state index in [2.05, 4.69) is 26.1 Å². The van der Waals surface area contributed by atoms with Gasteiger partial charge >= 0.3 is 0 Å². The normalized spacial score (nSPS) is 17.7. The molecule has 2 aliphatic rings. The third-order valence-electron chi connectivity index (χ3n) is 4.59. The van der Waals surface area contributed by atoms with Gasteiger partial charge in [-0.1, -0.05) is 0 Å². The Morgan fingerprint density at radius 2 is 2.17 bits per heavy atom. The highest BCUT2D eigenvalue weighted by Gasteiger charge is 2.39. The van der Waals surface area contributed by atoms with Crippen molar-refractivity contribution in [1.82, 2.24) is 19.6 Å². The Morgan fingerprint density at radius 1 is 1.38 bits per heavy atom. The number of terminal acetylenes is 1. The molecule has 0 fully saturated rings. The highest BCUT2D eigenvalue weighted by Crippen LogP contribution is 2.37. The number of hydrogen-bond acceptors (Lipinski definition) is 5. The third-order valence-corrected chi connectivity index (χ3v) is 4.59. The first-order chi connectivity index (χ1) is 11.5. The minimum atomic E-state index is -0.379. The number of amides is 1. The van der Waals surface area contributed by atoms with Crippen LogP contribution in [0.4, 0.5) is 0 Å². The first-order valence-electron chi connectivity index (χ1n) is 8.36. The lowest BCUT2D eigenvalue weighted by atomic mass is 10.0. The minimum Gasteiger partial charge on any atom is -0.335 e. The number of nitrogens with zero attached hydrogens (tertiary/aromatic N) is 6. The molecule has 0 spiro atoms. The predicted molar refractivity (Wildman–Crippen MR) is 89.9 cm³/mol. The van der Waals surface area contributed by atoms with Crippen LogP contribution in [-0.4, -0.2) is 51.8 Å². The lowest BCUT2D eigenvalue weighted by Gasteiger charge is -2.29. The van der Waals surface area contributed by atoms with Crippen LogP contribution in [0, 0.1) is 12.3 Å². The van der Waals surface area contributed by atoms with Crippen molar-refractivity contribution in [2.24, 2.45) is 10.2 Å². The molecular weight excluding hydrogens is 304 g/mol. The number of carbonyl (C=O) groups excluding carboxylic acids is 1. The monoisotopic (exact) mass is 328 g/mol. The van der Waals surface area contributed by atoms with Gasteiger partial charge in [0.25, 0.3) is 0 Å². The van der Waals surface area contributed by atoms with Gasteiger partial charge in [0, 0.05) is 44.3 Å². The Hall–Kier alpha value is -2.20. The van der Waals surface area contributed by atoms with Crippen LogP contribution in [0.3, 0.4) is 0 Å². The van der Waals surface area contributed by atoms with Crippen LogP contribution in [0.25, 0.3) is 0 Å². The highest BCUT2D eigenvalue weighted by atomic mass is 16.2. The zero-order valence-corrected chi connectivity index (χ0v) is 14.4. The van der Waals surface area contributed by atoms with Crippen LogP contribution < -0.4 is 0 Å². The second-order valence-corrected chi connectivity index (χ2v) is 6.78. The van der Waals surface area contributed by atoms with Crippen LogP contribution in [0.5, 0.6) is 0 Å². The second-order valence-electron chi connectivity index (χ2n) is 6.78. The molecule has 0 saturated carbocycles. The van der Waals surface area contributed by atoms with Gasteiger partial charge < -0.3 is 9.80 Å². The average Bonchev–Trinajstić information content (AvgIpc) is 3.24. The van der Waals surface area contributed by atoms with Gasteiger partial charge in [-0.05, 0) is 14.1 Å². The van der Waals surface area contributed by atoms with Crippen molar-refractivity contribution in [3.05, 3.63) is 17.5 Å². The van der Waals surface area contributed by atoms with E-state index in [-0.39, 0.29) is 11.6 Å². The number of carbonyl (C=O) groups is 1. The Kier molecular flexibility index (Phi) is 4.67. The van der Waals surface area contributed by atoms with Crippen LogP contribution in [-0.2, 0) is 24.4 Å². The van der Waals surface area contributed by atoms with Crippen LogP contribution >= 0.6 is 0 Å². The summed E-state index contributed by atoms with van der Waals surface area (Å²) in [5, 5.41) is 12.6. The summed E-state index contributed by atoms with van der Waals surface area (Å²) in [4.78, 5) is 16.6. The maximum Gasteiger partial charge on any atom is 0.223 e. The third kappa shape index (κ3) is 3.65. The Morgan fingerprint density at radius 3 is 2.83 bits per heavy atom. The van der Waals surface area contributed by atoms with Gasteiger partial charge in [-0.2, -0.15) is 15.3 Å². The first kappa shape index (κ1) is 16.7. The SMILES string of the molecule is C#CCCC1(CCC(=O)N2CCn3ncc(CN(C)C)c3C2)N=N1. The van der Waals surface area contributed by atoms with Crippen molar-refractivity contribution in [3.63, 3.8) is 0 Å². The van der Waals surface area contributed by atoms with Crippen LogP contribution in [0.2, 0.25) is 0 Å². The molecule has 7 heteroatoms. The van der Waals surface area contributed by atoms with Gasteiger partial charge in [-0.25, -0.2) is 0 Å². The Balaban J connectivity index is 1.56. The summed E-state index contributed by atoms with van der Waals surface area (Å²) in [5.74, 6) is 2.78. The number of fused-ring (bicyclic) bond motifs is 1. The van der Waals surface area contributed by atoms with Crippen molar-refractivity contribution < 1.29 is 4.79 Å². The van der Waals surface area contributed by atoms with Gasteiger partial charge in [-0.15, -0.1) is 12.3 Å². The standard InChI is InChI=1S/C17H24N6O/c1-4-5-7-17(19-20-17)8-6-16(24)22-9-10-23-15(13-22)14(11-18-23)12-21(2)3/h1,11H,5-10,12-13H2,2-3H3. The molecule has 1 amide bonds. The summed E-state index contributed by atoms with van der Waals surface area (Å²) in [6.07, 6.45) is 9.74. The van der Waals surface area contributed by atoms with E-state index in [9.17, 15) is 4.79 Å². The molecule has 0 radical (unpaired) electrons. The largest absolute Gasteiger partial charge is 0.335 e. The molecule has 0 N–H and O–H groups in total. The average molecular weight is 328 g/mol. The molecule has 7 nitrogen and oxygen atoms in total. The maximum atomic E-state index is 12.6. The molecule has 3 rings (SSSR count). The van der Waals surface area contributed by atoms with Gasteiger partial charge in [0.15, 0.2) is 5.66 Å². The summed E-state index contributed by atoms with van der Waals surface area (Å²) in [5.41, 5.74) is 1.96. The molecule has 0 aromatic carbocycles. The fraction of sp³-hybridized carbons (Fsp3) is 0.647. The van der Waals surface area contributed by atoms with E-state index in [1.807, 2.05) is 29.9 Å². The van der Waals surface area contributed by atoms with Gasteiger partial charge in [-0.3, -0.25) is 9.48 Å². The van der Waals surface area contributed by atoms with Crippen molar-refractivity contribution in [2.75, 3.05) is 20.6 Å². The molecule has 128 valence electrons. The molecule has 24 heavy (non-hydrogen) atoms. The Bertz CT molecular complexity index is 678. The molecule has 0 unspecified atom stereocenters. The Labute approximate surface area is 142 Å². The van der Waals surface area contributed by atoms with E-state index < -0.39 is 0 Å². The smallest absolute Gasteiger partial charge is 0.223 e. The fourth-order valence-electron chi connectivity index (χ4n) is 3.12. The van der Waals surface area contributed by atoms with E-state index in [1.165, 1.54) is 5.56 Å². The highest BCUT2D eigenvalue weighted by molar-refractivity contribution is 5.76. The summed E-state index contributed by atoms with van der Waals surface area (Å²) in [6.45, 7) is 2.93. The first-order valence-corrected chi connectivity index (χ1v) is 8.36. The predicted octanol–water partition coefficient (Wildman–Crippen LogP) is 1.64. The zero-order valence-electron chi connectivity index (χ0n) is 14.4. The van der Waals surface area contributed by atoms with Crippen LogP contribution in [0.1, 0.15) is 36.9 Å². The molecular formula is C17H24N6O. The summed E-state index contributed by atoms with van der Waals surface area (Å²) < 4.78 is 2.02. The van der Waals surface area contributed by atoms with Crippen molar-refractivity contribution >= 4 is 5.91 Å². The summed E-state index contributed by atoms with van der Waals surface area (Å²) >= 11 is 0. The lowest BCUT2D eigenvalue weighted by molar-refractivity contribution is -0.133. The van der Waals surface area contributed by atoms with E-state index >= 15 is 0 Å². The summed E-state index contributed by atoms with van der Waals surface area (Å²) in [7, 11) is 4.07. The number of hydrogen-bond donors (Lipinski definition) is 0. The molecule has 1 aromatic rings. The molecule has 1 aromatic heterocycles.